The molecule has 1 aliphatic carbocycles. The Morgan fingerprint density at radius 1 is 1.00 bits per heavy atom. The van der Waals surface area contributed by atoms with Gasteiger partial charge < -0.3 is 24.1 Å². The van der Waals surface area contributed by atoms with Crippen molar-refractivity contribution < 1.29 is 28.6 Å². The summed E-state index contributed by atoms with van der Waals surface area (Å²) in [6, 6.07) is 5.78. The normalized spacial score (nSPS) is 13.9. The lowest BCUT2D eigenvalue weighted by molar-refractivity contribution is 0.0216. The second-order valence-corrected chi connectivity index (χ2v) is 10.5. The van der Waals surface area contributed by atoms with Crippen molar-refractivity contribution in [2.75, 3.05) is 18.5 Å². The van der Waals surface area contributed by atoms with Gasteiger partial charge in [0, 0.05) is 17.4 Å². The minimum absolute atomic E-state index is 0.119. The average molecular weight is 541 g/mol. The number of benzene rings is 1. The SMILES string of the molecule is CCOC(=O)c1c(NC(=O)c2c(C)c3cc(OCC)ccc3n2CC)sc(C(=O)OC2CCCCC2)c1C. The van der Waals surface area contributed by atoms with Crippen molar-refractivity contribution in [3.8, 4) is 5.75 Å². The quantitative estimate of drug-likeness (QED) is 0.305. The second kappa shape index (κ2) is 12.0. The highest BCUT2D eigenvalue weighted by atomic mass is 32.1. The number of rotatable bonds is 9. The van der Waals surface area contributed by atoms with Crippen LogP contribution in [0.1, 0.15) is 94.5 Å². The Morgan fingerprint density at radius 3 is 2.39 bits per heavy atom. The summed E-state index contributed by atoms with van der Waals surface area (Å²) in [6.07, 6.45) is 4.79. The minimum atomic E-state index is -0.581. The first-order chi connectivity index (χ1) is 18.3. The molecule has 8 nitrogen and oxygen atoms in total. The van der Waals surface area contributed by atoms with Crippen LogP contribution in [0.5, 0.6) is 5.75 Å². The maximum absolute atomic E-state index is 13.7. The number of esters is 2. The number of thiophene rings is 1. The topological polar surface area (TPSA) is 95.9 Å². The van der Waals surface area contributed by atoms with E-state index >= 15 is 0 Å². The Hall–Kier alpha value is -3.33. The minimum Gasteiger partial charge on any atom is -0.494 e. The molecule has 2 heterocycles. The summed E-state index contributed by atoms with van der Waals surface area (Å²) in [5.41, 5.74) is 2.87. The molecule has 1 aliphatic rings. The van der Waals surface area contributed by atoms with E-state index in [-0.39, 0.29) is 29.2 Å². The van der Waals surface area contributed by atoms with E-state index in [1.165, 1.54) is 0 Å². The summed E-state index contributed by atoms with van der Waals surface area (Å²) < 4.78 is 18.7. The number of carbonyl (C=O) groups is 3. The largest absolute Gasteiger partial charge is 0.494 e. The third-order valence-electron chi connectivity index (χ3n) is 6.99. The summed E-state index contributed by atoms with van der Waals surface area (Å²) in [4.78, 5) is 40.0. The molecule has 1 aromatic carbocycles. The fourth-order valence-corrected chi connectivity index (χ4v) is 6.25. The summed E-state index contributed by atoms with van der Waals surface area (Å²) in [5.74, 6) is -0.671. The first-order valence-electron chi connectivity index (χ1n) is 13.4. The molecule has 1 amide bonds. The van der Waals surface area contributed by atoms with Crippen molar-refractivity contribution in [1.82, 2.24) is 4.57 Å². The van der Waals surface area contributed by atoms with Crippen LogP contribution < -0.4 is 10.1 Å². The van der Waals surface area contributed by atoms with E-state index in [9.17, 15) is 14.4 Å². The fraction of sp³-hybridized carbons (Fsp3) is 0.483. The zero-order chi connectivity index (χ0) is 27.4. The van der Waals surface area contributed by atoms with Crippen LogP contribution in [-0.4, -0.2) is 41.7 Å². The number of ether oxygens (including phenoxy) is 3. The smallest absolute Gasteiger partial charge is 0.348 e. The fourth-order valence-electron chi connectivity index (χ4n) is 5.17. The van der Waals surface area contributed by atoms with Gasteiger partial charge in [-0.25, -0.2) is 9.59 Å². The number of nitrogens with one attached hydrogen (secondary N) is 1. The summed E-state index contributed by atoms with van der Waals surface area (Å²) >= 11 is 1.06. The lowest BCUT2D eigenvalue weighted by atomic mass is 9.98. The monoisotopic (exact) mass is 540 g/mol. The lowest BCUT2D eigenvalue weighted by Gasteiger charge is -2.21. The highest BCUT2D eigenvalue weighted by molar-refractivity contribution is 7.18. The van der Waals surface area contributed by atoms with Gasteiger partial charge in [0.15, 0.2) is 0 Å². The number of carbonyl (C=O) groups excluding carboxylic acids is 3. The van der Waals surface area contributed by atoms with Crippen LogP contribution in [0.15, 0.2) is 18.2 Å². The molecular formula is C29H36N2O6S. The van der Waals surface area contributed by atoms with Crippen molar-refractivity contribution in [3.63, 3.8) is 0 Å². The molecule has 0 bridgehead atoms. The number of anilines is 1. The van der Waals surface area contributed by atoms with E-state index in [2.05, 4.69) is 5.32 Å². The van der Waals surface area contributed by atoms with Crippen molar-refractivity contribution in [3.05, 3.63) is 45.5 Å². The molecular weight excluding hydrogens is 504 g/mol. The van der Waals surface area contributed by atoms with Crippen LogP contribution in [0.3, 0.4) is 0 Å². The van der Waals surface area contributed by atoms with Crippen molar-refractivity contribution in [2.24, 2.45) is 0 Å². The second-order valence-electron chi connectivity index (χ2n) is 9.43. The highest BCUT2D eigenvalue weighted by Gasteiger charge is 2.30. The first kappa shape index (κ1) is 27.7. The molecule has 38 heavy (non-hydrogen) atoms. The molecule has 4 rings (SSSR count). The maximum atomic E-state index is 13.7. The molecule has 2 aromatic heterocycles. The number of hydrogen-bond donors (Lipinski definition) is 1. The van der Waals surface area contributed by atoms with Crippen LogP contribution in [0.25, 0.3) is 10.9 Å². The predicted octanol–water partition coefficient (Wildman–Crippen LogP) is 6.66. The van der Waals surface area contributed by atoms with E-state index in [1.54, 1.807) is 13.8 Å². The van der Waals surface area contributed by atoms with Crippen LogP contribution in [0.4, 0.5) is 5.00 Å². The maximum Gasteiger partial charge on any atom is 0.348 e. The van der Waals surface area contributed by atoms with Crippen LogP contribution in [-0.2, 0) is 16.0 Å². The van der Waals surface area contributed by atoms with Crippen LogP contribution in [0.2, 0.25) is 0 Å². The highest BCUT2D eigenvalue weighted by Crippen LogP contribution is 2.36. The van der Waals surface area contributed by atoms with E-state index < -0.39 is 11.9 Å². The molecule has 0 aliphatic heterocycles. The lowest BCUT2D eigenvalue weighted by Crippen LogP contribution is -2.21. The van der Waals surface area contributed by atoms with Gasteiger partial charge in [-0.2, -0.15) is 0 Å². The average Bonchev–Trinajstić information content (AvgIpc) is 3.38. The van der Waals surface area contributed by atoms with Crippen molar-refractivity contribution in [1.29, 1.82) is 0 Å². The third-order valence-corrected chi connectivity index (χ3v) is 8.18. The Balaban J connectivity index is 1.70. The van der Waals surface area contributed by atoms with Gasteiger partial charge in [0.25, 0.3) is 5.91 Å². The van der Waals surface area contributed by atoms with E-state index in [1.807, 2.05) is 43.5 Å². The van der Waals surface area contributed by atoms with Crippen molar-refractivity contribution >= 4 is 45.1 Å². The Kier molecular flexibility index (Phi) is 8.76. The van der Waals surface area contributed by atoms with Gasteiger partial charge in [0.2, 0.25) is 0 Å². The molecule has 0 spiro atoms. The van der Waals surface area contributed by atoms with Crippen LogP contribution in [0, 0.1) is 13.8 Å². The van der Waals surface area contributed by atoms with Gasteiger partial charge >= 0.3 is 11.9 Å². The molecule has 1 saturated carbocycles. The number of hydrogen-bond acceptors (Lipinski definition) is 7. The van der Waals surface area contributed by atoms with E-state index in [0.29, 0.717) is 29.3 Å². The third kappa shape index (κ3) is 5.43. The molecule has 3 aromatic rings. The standard InChI is InChI=1S/C29H36N2O6S/c1-6-31-22-15-14-20(35-7-2)16-21(22)17(4)24(31)26(32)30-27-23(28(33)36-8-3)18(5)25(38-27)29(34)37-19-12-10-9-11-13-19/h14-16,19H,6-13H2,1-5H3,(H,30,32). The Labute approximate surface area is 227 Å². The van der Waals surface area contributed by atoms with Gasteiger partial charge in [0.05, 0.1) is 18.8 Å². The number of amides is 1. The molecule has 0 unspecified atom stereocenters. The van der Waals surface area contributed by atoms with Gasteiger partial charge in [0.1, 0.15) is 27.4 Å². The van der Waals surface area contributed by atoms with E-state index in [0.717, 1.165) is 65.7 Å². The molecule has 0 radical (unpaired) electrons. The predicted molar refractivity (Wildman–Crippen MR) is 149 cm³/mol. The Morgan fingerprint density at radius 2 is 1.74 bits per heavy atom. The number of aromatic nitrogens is 1. The zero-order valence-corrected chi connectivity index (χ0v) is 23.6. The summed E-state index contributed by atoms with van der Waals surface area (Å²) in [6.45, 7) is 10.5. The zero-order valence-electron chi connectivity index (χ0n) is 22.8. The van der Waals surface area contributed by atoms with Crippen LogP contribution >= 0.6 is 11.3 Å². The Bertz CT molecular complexity index is 1350. The molecule has 0 atom stereocenters. The molecule has 0 saturated heterocycles. The number of aryl methyl sites for hydroxylation is 2. The number of fused-ring (bicyclic) bond motifs is 1. The van der Waals surface area contributed by atoms with Gasteiger partial charge in [-0.3, -0.25) is 4.79 Å². The molecule has 9 heteroatoms. The summed E-state index contributed by atoms with van der Waals surface area (Å²) in [7, 11) is 0. The first-order valence-corrected chi connectivity index (χ1v) is 14.2. The molecule has 204 valence electrons. The number of nitrogens with zero attached hydrogens (tertiary/aromatic N) is 1. The molecule has 1 fully saturated rings. The van der Waals surface area contributed by atoms with Gasteiger partial charge in [-0.1, -0.05) is 6.42 Å². The van der Waals surface area contributed by atoms with Gasteiger partial charge in [-0.05, 0) is 89.6 Å². The summed E-state index contributed by atoms with van der Waals surface area (Å²) in [5, 5.41) is 4.13. The van der Waals surface area contributed by atoms with Gasteiger partial charge in [-0.15, -0.1) is 11.3 Å². The molecule has 1 N–H and O–H groups in total. The van der Waals surface area contributed by atoms with E-state index in [4.69, 9.17) is 14.2 Å². The van der Waals surface area contributed by atoms with Crippen molar-refractivity contribution in [2.45, 2.75) is 79.4 Å².